The Morgan fingerprint density at radius 3 is 2.56 bits per heavy atom. The predicted molar refractivity (Wildman–Crippen MR) is 65.3 cm³/mol. The van der Waals surface area contributed by atoms with E-state index in [1.165, 1.54) is 11.1 Å². The highest BCUT2D eigenvalue weighted by Gasteiger charge is 2.11. The van der Waals surface area contributed by atoms with Crippen LogP contribution in [0.4, 0.5) is 0 Å². The fraction of sp³-hybridized carbons (Fsp3) is 0.385. The van der Waals surface area contributed by atoms with E-state index in [2.05, 4.69) is 60.7 Å². The van der Waals surface area contributed by atoms with Crippen molar-refractivity contribution in [1.29, 1.82) is 0 Å². The van der Waals surface area contributed by atoms with Crippen molar-refractivity contribution in [2.45, 2.75) is 33.7 Å². The first-order chi connectivity index (χ1) is 7.59. The van der Waals surface area contributed by atoms with Crippen LogP contribution in [0.2, 0.25) is 0 Å². The van der Waals surface area contributed by atoms with Gasteiger partial charge in [-0.2, -0.15) is 0 Å². The minimum absolute atomic E-state index is 0.380. The number of hydrogen-bond donors (Lipinski definition) is 0. The van der Waals surface area contributed by atoms with E-state index in [1.807, 2.05) is 0 Å². The van der Waals surface area contributed by atoms with Gasteiger partial charge in [0.05, 0.1) is 0 Å². The minimum atomic E-state index is 0.380. The number of rotatable bonds is 2. The molecule has 1 aromatic heterocycles. The predicted octanol–water partition coefficient (Wildman–Crippen LogP) is 3.14. The summed E-state index contributed by atoms with van der Waals surface area (Å²) in [6.07, 6.45) is 1.79. The van der Waals surface area contributed by atoms with Crippen LogP contribution < -0.4 is 0 Å². The minimum Gasteiger partial charge on any atom is -0.311 e. The van der Waals surface area contributed by atoms with Crippen molar-refractivity contribution in [3.63, 3.8) is 0 Å². The van der Waals surface area contributed by atoms with Crippen LogP contribution in [-0.4, -0.2) is 14.8 Å². The third kappa shape index (κ3) is 1.85. The van der Waals surface area contributed by atoms with Crippen LogP contribution in [0.25, 0.3) is 11.4 Å². The smallest absolute Gasteiger partial charge is 0.164 e. The van der Waals surface area contributed by atoms with Crippen LogP contribution in [-0.2, 0) is 0 Å². The average Bonchev–Trinajstić information content (AvgIpc) is 2.66. The van der Waals surface area contributed by atoms with Crippen LogP contribution >= 0.6 is 0 Å². The lowest BCUT2D eigenvalue weighted by atomic mass is 10.1. The highest BCUT2D eigenvalue weighted by Crippen LogP contribution is 2.24. The van der Waals surface area contributed by atoms with Crippen molar-refractivity contribution in [2.24, 2.45) is 0 Å². The molecule has 3 nitrogen and oxygen atoms in total. The van der Waals surface area contributed by atoms with Crippen molar-refractivity contribution in [3.05, 3.63) is 35.7 Å². The number of aryl methyl sites for hydroxylation is 2. The summed E-state index contributed by atoms with van der Waals surface area (Å²) in [7, 11) is 0. The lowest BCUT2D eigenvalue weighted by Crippen LogP contribution is -2.02. The summed E-state index contributed by atoms with van der Waals surface area (Å²) in [6.45, 7) is 8.48. The van der Waals surface area contributed by atoms with E-state index in [-0.39, 0.29) is 0 Å². The van der Waals surface area contributed by atoms with E-state index in [1.54, 1.807) is 6.33 Å². The highest BCUT2D eigenvalue weighted by molar-refractivity contribution is 5.60. The molecule has 0 aliphatic carbocycles. The largest absolute Gasteiger partial charge is 0.311 e. The summed E-state index contributed by atoms with van der Waals surface area (Å²) >= 11 is 0. The molecule has 0 unspecified atom stereocenters. The first kappa shape index (κ1) is 10.9. The number of hydrogen-bond acceptors (Lipinski definition) is 2. The van der Waals surface area contributed by atoms with Crippen LogP contribution in [0.15, 0.2) is 24.5 Å². The van der Waals surface area contributed by atoms with E-state index < -0.39 is 0 Å². The molecule has 16 heavy (non-hydrogen) atoms. The van der Waals surface area contributed by atoms with Gasteiger partial charge in [-0.15, -0.1) is 10.2 Å². The van der Waals surface area contributed by atoms with E-state index >= 15 is 0 Å². The van der Waals surface area contributed by atoms with Gasteiger partial charge in [-0.3, -0.25) is 0 Å². The maximum absolute atomic E-state index is 4.21. The van der Waals surface area contributed by atoms with Gasteiger partial charge in [-0.25, -0.2) is 0 Å². The van der Waals surface area contributed by atoms with Gasteiger partial charge in [0.1, 0.15) is 6.33 Å². The Morgan fingerprint density at radius 1 is 1.19 bits per heavy atom. The van der Waals surface area contributed by atoms with Crippen molar-refractivity contribution >= 4 is 0 Å². The quantitative estimate of drug-likeness (QED) is 0.770. The maximum Gasteiger partial charge on any atom is 0.164 e. The third-order valence-electron chi connectivity index (χ3n) is 2.75. The molecule has 0 saturated carbocycles. The Morgan fingerprint density at radius 2 is 1.94 bits per heavy atom. The Kier molecular flexibility index (Phi) is 2.77. The summed E-state index contributed by atoms with van der Waals surface area (Å²) in [5.41, 5.74) is 3.68. The van der Waals surface area contributed by atoms with Crippen LogP contribution in [0.3, 0.4) is 0 Å². The molecule has 0 N–H and O–H groups in total. The molecule has 0 aliphatic heterocycles. The Hall–Kier alpha value is -1.64. The molecule has 0 amide bonds. The standard InChI is InChI=1S/C13H17N3/c1-9(2)16-8-14-15-13(16)12-6-5-10(3)7-11(12)4/h5-9H,1-4H3. The average molecular weight is 215 g/mol. The summed E-state index contributed by atoms with van der Waals surface area (Å²) < 4.78 is 2.09. The fourth-order valence-corrected chi connectivity index (χ4v) is 1.88. The summed E-state index contributed by atoms with van der Waals surface area (Å²) in [6, 6.07) is 6.79. The molecule has 3 heteroatoms. The number of benzene rings is 1. The van der Waals surface area contributed by atoms with Crippen molar-refractivity contribution in [1.82, 2.24) is 14.8 Å². The topological polar surface area (TPSA) is 30.7 Å². The summed E-state index contributed by atoms with van der Waals surface area (Å²) in [5, 5.41) is 8.21. The molecule has 0 spiro atoms. The van der Waals surface area contributed by atoms with Crippen LogP contribution in [0.5, 0.6) is 0 Å². The Bertz CT molecular complexity index is 498. The zero-order valence-corrected chi connectivity index (χ0v) is 10.2. The fourth-order valence-electron chi connectivity index (χ4n) is 1.88. The van der Waals surface area contributed by atoms with Gasteiger partial charge in [-0.05, 0) is 33.3 Å². The molecule has 0 atom stereocenters. The van der Waals surface area contributed by atoms with Gasteiger partial charge in [0.15, 0.2) is 5.82 Å². The molecule has 0 radical (unpaired) electrons. The van der Waals surface area contributed by atoms with Gasteiger partial charge >= 0.3 is 0 Å². The van der Waals surface area contributed by atoms with Crippen molar-refractivity contribution < 1.29 is 0 Å². The zero-order valence-electron chi connectivity index (χ0n) is 10.2. The van der Waals surface area contributed by atoms with Crippen molar-refractivity contribution in [2.75, 3.05) is 0 Å². The molecule has 0 bridgehead atoms. The first-order valence-electron chi connectivity index (χ1n) is 5.56. The van der Waals surface area contributed by atoms with Gasteiger partial charge in [0.2, 0.25) is 0 Å². The summed E-state index contributed by atoms with van der Waals surface area (Å²) in [4.78, 5) is 0. The van der Waals surface area contributed by atoms with E-state index in [0.717, 1.165) is 11.4 Å². The van der Waals surface area contributed by atoms with Gasteiger partial charge in [0, 0.05) is 11.6 Å². The van der Waals surface area contributed by atoms with Gasteiger partial charge < -0.3 is 4.57 Å². The molecule has 84 valence electrons. The van der Waals surface area contributed by atoms with E-state index in [0.29, 0.717) is 6.04 Å². The second-order valence-corrected chi connectivity index (χ2v) is 4.47. The highest BCUT2D eigenvalue weighted by atomic mass is 15.3. The SMILES string of the molecule is Cc1ccc(-c2nncn2C(C)C)c(C)c1. The third-order valence-corrected chi connectivity index (χ3v) is 2.75. The van der Waals surface area contributed by atoms with Crippen molar-refractivity contribution in [3.8, 4) is 11.4 Å². The summed E-state index contributed by atoms with van der Waals surface area (Å²) in [5.74, 6) is 0.951. The monoisotopic (exact) mass is 215 g/mol. The molecule has 0 saturated heterocycles. The zero-order chi connectivity index (χ0) is 11.7. The molecular formula is C13H17N3. The molecule has 0 fully saturated rings. The second-order valence-electron chi connectivity index (χ2n) is 4.47. The maximum atomic E-state index is 4.21. The molecule has 0 aliphatic rings. The molecule has 1 heterocycles. The Balaban J connectivity index is 2.54. The van der Waals surface area contributed by atoms with Crippen LogP contribution in [0.1, 0.15) is 31.0 Å². The lowest BCUT2D eigenvalue weighted by molar-refractivity contribution is 0.604. The van der Waals surface area contributed by atoms with Gasteiger partial charge in [-0.1, -0.05) is 23.8 Å². The molecule has 1 aromatic carbocycles. The van der Waals surface area contributed by atoms with Crippen LogP contribution in [0, 0.1) is 13.8 Å². The normalized spacial score (nSPS) is 11.1. The lowest BCUT2D eigenvalue weighted by Gasteiger charge is -2.12. The van der Waals surface area contributed by atoms with E-state index in [9.17, 15) is 0 Å². The number of aromatic nitrogens is 3. The molecule has 2 aromatic rings. The first-order valence-corrected chi connectivity index (χ1v) is 5.56. The second kappa shape index (κ2) is 4.08. The molecular weight excluding hydrogens is 198 g/mol. The van der Waals surface area contributed by atoms with Gasteiger partial charge in [0.25, 0.3) is 0 Å². The Labute approximate surface area is 96.1 Å². The molecule has 2 rings (SSSR count). The van der Waals surface area contributed by atoms with E-state index in [4.69, 9.17) is 0 Å². The number of nitrogens with zero attached hydrogens (tertiary/aromatic N) is 3.